The molecule has 0 aliphatic rings. The van der Waals surface area contributed by atoms with Gasteiger partial charge in [-0.15, -0.1) is 0 Å². The van der Waals surface area contributed by atoms with E-state index < -0.39 is 11.8 Å². The third-order valence-corrected chi connectivity index (χ3v) is 2.22. The molecule has 0 spiro atoms. The average Bonchev–Trinajstić information content (AvgIpc) is 2.32. The molecule has 0 saturated heterocycles. The number of phenolic OH excluding ortho intramolecular Hbond substituents is 1. The second kappa shape index (κ2) is 6.75. The van der Waals surface area contributed by atoms with E-state index in [4.69, 9.17) is 11.6 Å². The maximum Gasteiger partial charge on any atom is 0.329 e. The number of hydrogen-bond donors (Lipinski definition) is 3. The Hall–Kier alpha value is -2.08. The van der Waals surface area contributed by atoms with Crippen LogP contribution in [0.5, 0.6) is 5.75 Å². The summed E-state index contributed by atoms with van der Waals surface area (Å²) in [5.74, 6) is -1.69. The predicted molar refractivity (Wildman–Crippen MR) is 72.1 cm³/mol. The van der Waals surface area contributed by atoms with Crippen molar-refractivity contribution in [3.8, 4) is 5.75 Å². The van der Waals surface area contributed by atoms with Crippen molar-refractivity contribution in [2.45, 2.75) is 19.9 Å². The van der Waals surface area contributed by atoms with E-state index in [1.165, 1.54) is 24.4 Å². The highest BCUT2D eigenvalue weighted by Crippen LogP contribution is 2.19. The maximum absolute atomic E-state index is 11.3. The summed E-state index contributed by atoms with van der Waals surface area (Å²) in [6, 6.07) is 4.25. The number of phenols is 1. The van der Waals surface area contributed by atoms with Gasteiger partial charge in [0.1, 0.15) is 5.75 Å². The minimum atomic E-state index is -0.883. The Labute approximate surface area is 115 Å². The molecule has 0 radical (unpaired) electrons. The van der Waals surface area contributed by atoms with E-state index >= 15 is 0 Å². The fourth-order valence-electron chi connectivity index (χ4n) is 1.17. The normalized spacial score (nSPS) is 10.7. The smallest absolute Gasteiger partial charge is 0.329 e. The summed E-state index contributed by atoms with van der Waals surface area (Å²) >= 11 is 5.74. The average molecular weight is 284 g/mol. The number of benzene rings is 1. The van der Waals surface area contributed by atoms with Gasteiger partial charge in [-0.1, -0.05) is 11.6 Å². The van der Waals surface area contributed by atoms with E-state index in [9.17, 15) is 14.7 Å². The first-order chi connectivity index (χ1) is 8.90. The molecule has 0 aliphatic heterocycles. The highest BCUT2D eigenvalue weighted by atomic mass is 35.5. The Kier molecular flexibility index (Phi) is 5.32. The molecule has 1 aromatic carbocycles. The fourth-order valence-corrected chi connectivity index (χ4v) is 1.35. The van der Waals surface area contributed by atoms with Crippen molar-refractivity contribution >= 4 is 29.6 Å². The van der Waals surface area contributed by atoms with Crippen molar-refractivity contribution in [2.24, 2.45) is 5.10 Å². The molecule has 0 heterocycles. The first-order valence-corrected chi connectivity index (χ1v) is 5.90. The molecule has 1 rings (SSSR count). The van der Waals surface area contributed by atoms with E-state index in [-0.39, 0.29) is 11.8 Å². The SMILES string of the molecule is CC(C)NC(=O)C(=O)N/N=C\c1cc(Cl)ccc1O. The highest BCUT2D eigenvalue weighted by molar-refractivity contribution is 6.35. The number of carbonyl (C=O) groups excluding carboxylic acids is 2. The van der Waals surface area contributed by atoms with Gasteiger partial charge in [0.2, 0.25) is 0 Å². The largest absolute Gasteiger partial charge is 0.507 e. The van der Waals surface area contributed by atoms with Gasteiger partial charge in [0, 0.05) is 16.6 Å². The number of carbonyl (C=O) groups is 2. The molecule has 3 N–H and O–H groups in total. The lowest BCUT2D eigenvalue weighted by Crippen LogP contribution is -2.41. The molecule has 0 saturated carbocycles. The van der Waals surface area contributed by atoms with Crippen LogP contribution in [0.3, 0.4) is 0 Å². The predicted octanol–water partition coefficient (Wildman–Crippen LogP) is 1.02. The summed E-state index contributed by atoms with van der Waals surface area (Å²) in [5.41, 5.74) is 2.38. The number of hydrogen-bond acceptors (Lipinski definition) is 4. The highest BCUT2D eigenvalue weighted by Gasteiger charge is 2.12. The number of rotatable bonds is 3. The molecule has 2 amide bonds. The third kappa shape index (κ3) is 4.97. The van der Waals surface area contributed by atoms with E-state index in [1.54, 1.807) is 13.8 Å². The van der Waals surface area contributed by atoms with Crippen molar-refractivity contribution in [3.05, 3.63) is 28.8 Å². The molecule has 6 nitrogen and oxygen atoms in total. The van der Waals surface area contributed by atoms with Crippen LogP contribution in [0.15, 0.2) is 23.3 Å². The lowest BCUT2D eigenvalue weighted by atomic mass is 10.2. The third-order valence-electron chi connectivity index (χ3n) is 1.99. The number of nitrogens with one attached hydrogen (secondary N) is 2. The minimum Gasteiger partial charge on any atom is -0.507 e. The van der Waals surface area contributed by atoms with Gasteiger partial charge in [-0.25, -0.2) is 5.43 Å². The van der Waals surface area contributed by atoms with Gasteiger partial charge >= 0.3 is 11.8 Å². The quantitative estimate of drug-likeness (QED) is 0.439. The van der Waals surface area contributed by atoms with Crippen LogP contribution in [0, 0.1) is 0 Å². The second-order valence-corrected chi connectivity index (χ2v) is 4.47. The first-order valence-electron chi connectivity index (χ1n) is 5.52. The number of aromatic hydroxyl groups is 1. The molecular weight excluding hydrogens is 270 g/mol. The van der Waals surface area contributed by atoms with Gasteiger partial charge < -0.3 is 10.4 Å². The van der Waals surface area contributed by atoms with Crippen LogP contribution in [0.4, 0.5) is 0 Å². The van der Waals surface area contributed by atoms with Gasteiger partial charge in [0.05, 0.1) is 6.21 Å². The van der Waals surface area contributed by atoms with Crippen LogP contribution < -0.4 is 10.7 Å². The molecule has 0 unspecified atom stereocenters. The summed E-state index contributed by atoms with van der Waals surface area (Å²) in [6.45, 7) is 3.47. The van der Waals surface area contributed by atoms with E-state index in [0.717, 1.165) is 0 Å². The topological polar surface area (TPSA) is 90.8 Å². The molecule has 0 fully saturated rings. The van der Waals surface area contributed by atoms with Crippen LogP contribution in [0.25, 0.3) is 0 Å². The Morgan fingerprint density at radius 2 is 2.05 bits per heavy atom. The van der Waals surface area contributed by atoms with Gasteiger partial charge in [0.15, 0.2) is 0 Å². The van der Waals surface area contributed by atoms with Gasteiger partial charge in [-0.2, -0.15) is 5.10 Å². The van der Waals surface area contributed by atoms with Crippen molar-refractivity contribution in [1.82, 2.24) is 10.7 Å². The van der Waals surface area contributed by atoms with Crippen molar-refractivity contribution in [1.29, 1.82) is 0 Å². The van der Waals surface area contributed by atoms with E-state index in [0.29, 0.717) is 10.6 Å². The number of amides is 2. The molecule has 1 aromatic rings. The standard InChI is InChI=1S/C12H14ClN3O3/c1-7(2)15-11(18)12(19)16-14-6-8-5-9(13)3-4-10(8)17/h3-7,17H,1-2H3,(H,15,18)(H,16,19)/b14-6-. The first kappa shape index (κ1) is 15.0. The van der Waals surface area contributed by atoms with Gasteiger partial charge in [-0.3, -0.25) is 9.59 Å². The van der Waals surface area contributed by atoms with Gasteiger partial charge in [0.25, 0.3) is 0 Å². The second-order valence-electron chi connectivity index (χ2n) is 4.03. The molecule has 19 heavy (non-hydrogen) atoms. The summed E-state index contributed by atoms with van der Waals surface area (Å²) in [5, 5.41) is 15.9. The summed E-state index contributed by atoms with van der Waals surface area (Å²) in [7, 11) is 0. The van der Waals surface area contributed by atoms with Crippen LogP contribution in [0.2, 0.25) is 5.02 Å². The molecule has 7 heteroatoms. The summed E-state index contributed by atoms with van der Waals surface area (Å²) in [6.07, 6.45) is 1.20. The zero-order chi connectivity index (χ0) is 14.4. The van der Waals surface area contributed by atoms with E-state index in [2.05, 4.69) is 10.4 Å². The lowest BCUT2D eigenvalue weighted by molar-refractivity contribution is -0.139. The maximum atomic E-state index is 11.3. The molecule has 0 bridgehead atoms. The zero-order valence-electron chi connectivity index (χ0n) is 10.5. The molecular formula is C12H14ClN3O3. The number of halogens is 1. The van der Waals surface area contributed by atoms with Crippen molar-refractivity contribution in [3.63, 3.8) is 0 Å². The molecule has 0 aromatic heterocycles. The summed E-state index contributed by atoms with van der Waals surface area (Å²) < 4.78 is 0. The molecule has 0 aliphatic carbocycles. The van der Waals surface area contributed by atoms with Crippen LogP contribution in [-0.2, 0) is 9.59 Å². The van der Waals surface area contributed by atoms with Crippen LogP contribution in [-0.4, -0.2) is 29.2 Å². The van der Waals surface area contributed by atoms with Crippen LogP contribution in [0.1, 0.15) is 19.4 Å². The number of hydrazone groups is 1. The zero-order valence-corrected chi connectivity index (χ0v) is 11.2. The Morgan fingerprint density at radius 1 is 1.37 bits per heavy atom. The summed E-state index contributed by atoms with van der Waals surface area (Å²) in [4.78, 5) is 22.5. The molecule has 102 valence electrons. The Morgan fingerprint density at radius 3 is 2.68 bits per heavy atom. The van der Waals surface area contributed by atoms with Crippen LogP contribution >= 0.6 is 11.6 Å². The van der Waals surface area contributed by atoms with Gasteiger partial charge in [-0.05, 0) is 32.0 Å². The minimum absolute atomic E-state index is 0.0333. The lowest BCUT2D eigenvalue weighted by Gasteiger charge is -2.06. The van der Waals surface area contributed by atoms with Crippen molar-refractivity contribution in [2.75, 3.05) is 0 Å². The van der Waals surface area contributed by atoms with E-state index in [1.807, 2.05) is 5.43 Å². The van der Waals surface area contributed by atoms with Crippen molar-refractivity contribution < 1.29 is 14.7 Å². The fraction of sp³-hybridized carbons (Fsp3) is 0.250. The Bertz CT molecular complexity index is 515. The Balaban J connectivity index is 2.61. The molecule has 0 atom stereocenters. The number of nitrogens with zero attached hydrogens (tertiary/aromatic N) is 1. The monoisotopic (exact) mass is 283 g/mol.